The molecule has 80 valence electrons. The Bertz CT molecular complexity index is 512. The zero-order valence-corrected chi connectivity index (χ0v) is 9.33. The zero-order chi connectivity index (χ0) is 11.1. The van der Waals surface area contributed by atoms with Gasteiger partial charge in [0.05, 0.1) is 5.56 Å². The molecule has 0 bridgehead atoms. The Morgan fingerprint density at radius 3 is 2.80 bits per heavy atom. The Hall–Kier alpha value is -1.08. The first-order chi connectivity index (χ1) is 7.09. The summed E-state index contributed by atoms with van der Waals surface area (Å²) < 4.78 is 24.4. The number of aromatic nitrogens is 1. The zero-order valence-electron chi connectivity index (χ0n) is 7.62. The molecule has 0 fully saturated rings. The highest BCUT2D eigenvalue weighted by molar-refractivity contribution is 7.90. The number of thiol groups is 1. The second-order valence-electron chi connectivity index (χ2n) is 2.96. The third kappa shape index (κ3) is 1.42. The number of amides is 1. The highest BCUT2D eigenvalue weighted by atomic mass is 32.2. The molecule has 0 radical (unpaired) electrons. The molecule has 1 aromatic heterocycles. The average Bonchev–Trinajstić information content (AvgIpc) is 2.41. The second kappa shape index (κ2) is 3.49. The van der Waals surface area contributed by atoms with E-state index in [1.54, 1.807) is 0 Å². The number of carbonyl (C=O) groups excluding carboxylic acids is 1. The number of hydrogen-bond donors (Lipinski definition) is 1. The first kappa shape index (κ1) is 10.4. The maximum Gasteiger partial charge on any atom is 0.285 e. The van der Waals surface area contributed by atoms with Crippen molar-refractivity contribution < 1.29 is 13.2 Å². The molecular formula is C8H8N2O3S2. The standard InChI is InChI=1S/C8H8N2O3S2/c11-8-6-2-1-3-9-7(6)15(12,13)10(8)4-5-14/h1-3,14H,4-5H2. The SMILES string of the molecule is O=C1c2cccnc2S(=O)(=O)N1CCS. The van der Waals surface area contributed by atoms with Gasteiger partial charge in [0.1, 0.15) is 0 Å². The Balaban J connectivity index is 2.60. The fourth-order valence-corrected chi connectivity index (χ4v) is 3.24. The summed E-state index contributed by atoms with van der Waals surface area (Å²) in [5, 5.41) is -0.156. The van der Waals surface area contributed by atoms with E-state index in [0.717, 1.165) is 4.31 Å². The number of sulfonamides is 1. The summed E-state index contributed by atoms with van der Waals surface area (Å²) in [7, 11) is -3.73. The molecule has 2 rings (SSSR count). The van der Waals surface area contributed by atoms with E-state index in [1.807, 2.05) is 0 Å². The minimum atomic E-state index is -3.73. The van der Waals surface area contributed by atoms with E-state index in [1.165, 1.54) is 18.3 Å². The van der Waals surface area contributed by atoms with Crippen molar-refractivity contribution in [3.63, 3.8) is 0 Å². The number of nitrogens with zero attached hydrogens (tertiary/aromatic N) is 2. The average molecular weight is 244 g/mol. The molecule has 5 nitrogen and oxygen atoms in total. The Kier molecular flexibility index (Phi) is 2.43. The van der Waals surface area contributed by atoms with Gasteiger partial charge in [-0.25, -0.2) is 9.29 Å². The van der Waals surface area contributed by atoms with Crippen LogP contribution in [0.3, 0.4) is 0 Å². The maximum absolute atomic E-state index is 11.8. The summed E-state index contributed by atoms with van der Waals surface area (Å²) in [6, 6.07) is 3.00. The fourth-order valence-electron chi connectivity index (χ4n) is 1.42. The van der Waals surface area contributed by atoms with Gasteiger partial charge in [0, 0.05) is 18.5 Å². The molecular weight excluding hydrogens is 236 g/mol. The van der Waals surface area contributed by atoms with E-state index >= 15 is 0 Å². The van der Waals surface area contributed by atoms with Crippen LogP contribution in [-0.4, -0.2) is 35.9 Å². The molecule has 0 atom stereocenters. The smallest absolute Gasteiger partial charge is 0.268 e. The monoisotopic (exact) mass is 244 g/mol. The molecule has 7 heteroatoms. The van der Waals surface area contributed by atoms with Gasteiger partial charge in [0.25, 0.3) is 15.9 Å². The Morgan fingerprint density at radius 2 is 2.20 bits per heavy atom. The molecule has 0 spiro atoms. The first-order valence-electron chi connectivity index (χ1n) is 4.22. The molecule has 1 amide bonds. The van der Waals surface area contributed by atoms with Crippen molar-refractivity contribution in [1.82, 2.24) is 9.29 Å². The summed E-state index contributed by atoms with van der Waals surface area (Å²) in [4.78, 5) is 15.4. The van der Waals surface area contributed by atoms with Crippen LogP contribution in [0.1, 0.15) is 10.4 Å². The molecule has 0 saturated heterocycles. The lowest BCUT2D eigenvalue weighted by Gasteiger charge is -2.12. The Morgan fingerprint density at radius 1 is 1.47 bits per heavy atom. The van der Waals surface area contributed by atoms with Gasteiger partial charge < -0.3 is 0 Å². The number of hydrogen-bond acceptors (Lipinski definition) is 5. The van der Waals surface area contributed by atoms with Gasteiger partial charge >= 0.3 is 0 Å². The van der Waals surface area contributed by atoms with E-state index in [4.69, 9.17) is 0 Å². The van der Waals surface area contributed by atoms with Crippen LogP contribution in [0.4, 0.5) is 0 Å². The minimum Gasteiger partial charge on any atom is -0.268 e. The molecule has 0 aromatic carbocycles. The van der Waals surface area contributed by atoms with E-state index in [-0.39, 0.29) is 17.1 Å². The molecule has 1 aliphatic heterocycles. The normalized spacial score (nSPS) is 17.9. The van der Waals surface area contributed by atoms with Crippen molar-refractivity contribution in [3.8, 4) is 0 Å². The molecule has 0 N–H and O–H groups in total. The van der Waals surface area contributed by atoms with Gasteiger partial charge in [-0.2, -0.15) is 21.0 Å². The summed E-state index contributed by atoms with van der Waals surface area (Å²) in [6.07, 6.45) is 1.36. The molecule has 0 aliphatic carbocycles. The van der Waals surface area contributed by atoms with Crippen LogP contribution in [0, 0.1) is 0 Å². The van der Waals surface area contributed by atoms with Crippen LogP contribution in [0.15, 0.2) is 23.4 Å². The number of rotatable bonds is 2. The number of carbonyl (C=O) groups is 1. The van der Waals surface area contributed by atoms with Gasteiger partial charge in [-0.3, -0.25) is 4.79 Å². The fraction of sp³-hybridized carbons (Fsp3) is 0.250. The third-order valence-electron chi connectivity index (χ3n) is 2.07. The van der Waals surface area contributed by atoms with Crippen LogP contribution in [0.2, 0.25) is 0 Å². The molecule has 1 aliphatic rings. The quantitative estimate of drug-likeness (QED) is 0.752. The minimum absolute atomic E-state index is 0.0701. The highest BCUT2D eigenvalue weighted by Crippen LogP contribution is 2.27. The molecule has 1 aromatic rings. The van der Waals surface area contributed by atoms with Crippen LogP contribution in [-0.2, 0) is 10.0 Å². The van der Waals surface area contributed by atoms with Gasteiger partial charge in [-0.1, -0.05) is 0 Å². The number of fused-ring (bicyclic) bond motifs is 1. The van der Waals surface area contributed by atoms with Gasteiger partial charge in [0.15, 0.2) is 5.03 Å². The van der Waals surface area contributed by atoms with Crippen molar-refractivity contribution in [3.05, 3.63) is 23.9 Å². The summed E-state index contributed by atoms with van der Waals surface area (Å²) in [5.74, 6) is -0.231. The Labute approximate surface area is 92.6 Å². The maximum atomic E-state index is 11.8. The van der Waals surface area contributed by atoms with E-state index in [9.17, 15) is 13.2 Å². The molecule has 2 heterocycles. The lowest BCUT2D eigenvalue weighted by molar-refractivity contribution is 0.0876. The highest BCUT2D eigenvalue weighted by Gasteiger charge is 2.41. The van der Waals surface area contributed by atoms with E-state index in [2.05, 4.69) is 17.6 Å². The second-order valence-corrected chi connectivity index (χ2v) is 5.19. The van der Waals surface area contributed by atoms with E-state index < -0.39 is 15.9 Å². The van der Waals surface area contributed by atoms with Gasteiger partial charge in [-0.15, -0.1) is 0 Å². The summed E-state index contributed by atoms with van der Waals surface area (Å²) >= 11 is 3.91. The van der Waals surface area contributed by atoms with Crippen molar-refractivity contribution in [1.29, 1.82) is 0 Å². The van der Waals surface area contributed by atoms with Crippen molar-refractivity contribution in [2.45, 2.75) is 5.03 Å². The molecule has 0 unspecified atom stereocenters. The summed E-state index contributed by atoms with van der Waals surface area (Å²) in [6.45, 7) is 0.0701. The van der Waals surface area contributed by atoms with Crippen molar-refractivity contribution in [2.75, 3.05) is 12.3 Å². The molecule has 15 heavy (non-hydrogen) atoms. The summed E-state index contributed by atoms with van der Waals surface area (Å²) in [5.41, 5.74) is 0.138. The van der Waals surface area contributed by atoms with Crippen molar-refractivity contribution >= 4 is 28.6 Å². The van der Waals surface area contributed by atoms with E-state index in [0.29, 0.717) is 5.75 Å². The van der Waals surface area contributed by atoms with Gasteiger partial charge in [-0.05, 0) is 12.1 Å². The van der Waals surface area contributed by atoms with Crippen molar-refractivity contribution in [2.24, 2.45) is 0 Å². The van der Waals surface area contributed by atoms with Crippen LogP contribution in [0.5, 0.6) is 0 Å². The van der Waals surface area contributed by atoms with Crippen LogP contribution in [0.25, 0.3) is 0 Å². The number of pyridine rings is 1. The van der Waals surface area contributed by atoms with Gasteiger partial charge in [0.2, 0.25) is 0 Å². The lowest BCUT2D eigenvalue weighted by atomic mass is 10.3. The lowest BCUT2D eigenvalue weighted by Crippen LogP contribution is -2.31. The first-order valence-corrected chi connectivity index (χ1v) is 6.29. The molecule has 0 saturated carbocycles. The van der Waals surface area contributed by atoms with Crippen LogP contribution >= 0.6 is 12.6 Å². The topological polar surface area (TPSA) is 67.3 Å². The predicted octanol–water partition coefficient (Wildman–Crippen LogP) is 0.156. The third-order valence-corrected chi connectivity index (χ3v) is 4.01. The predicted molar refractivity (Wildman–Crippen MR) is 56.3 cm³/mol. The van der Waals surface area contributed by atoms with Crippen LogP contribution < -0.4 is 0 Å². The largest absolute Gasteiger partial charge is 0.285 e.